The Morgan fingerprint density at radius 3 is 2.83 bits per heavy atom. The molecule has 0 saturated carbocycles. The van der Waals surface area contributed by atoms with Gasteiger partial charge in [-0.1, -0.05) is 36.8 Å². The number of likely N-dealkylation sites (tertiary alicyclic amines) is 1. The molecule has 0 bridgehead atoms. The van der Waals surface area contributed by atoms with E-state index in [0.717, 1.165) is 12.1 Å². The van der Waals surface area contributed by atoms with Crippen molar-refractivity contribution in [1.82, 2.24) is 10.2 Å². The second kappa shape index (κ2) is 6.55. The van der Waals surface area contributed by atoms with Crippen LogP contribution in [0.15, 0.2) is 30.3 Å². The van der Waals surface area contributed by atoms with E-state index in [1.54, 1.807) is 0 Å². The smallest absolute Gasteiger partial charge is 0.234 e. The van der Waals surface area contributed by atoms with Crippen molar-refractivity contribution in [1.29, 1.82) is 0 Å². The minimum Gasteiger partial charge on any atom is -0.351 e. The quantitative estimate of drug-likeness (QED) is 0.883. The molecule has 1 aromatic carbocycles. The lowest BCUT2D eigenvalue weighted by molar-refractivity contribution is -0.123. The van der Waals surface area contributed by atoms with Crippen LogP contribution in [0.2, 0.25) is 0 Å². The van der Waals surface area contributed by atoms with Crippen molar-refractivity contribution in [2.24, 2.45) is 0 Å². The summed E-state index contributed by atoms with van der Waals surface area (Å²) >= 11 is 0. The number of carbonyl (C=O) groups excluding carboxylic acids is 1. The molecule has 1 saturated heterocycles. The van der Waals surface area contributed by atoms with Gasteiger partial charge in [0, 0.05) is 12.6 Å². The number of rotatable bonds is 4. The number of nitrogens with one attached hydrogen (secondary N) is 1. The summed E-state index contributed by atoms with van der Waals surface area (Å²) in [7, 11) is 0. The lowest BCUT2D eigenvalue weighted by atomic mass is 10.0. The number of carbonyl (C=O) groups is 1. The van der Waals surface area contributed by atoms with Crippen LogP contribution in [0.1, 0.15) is 31.7 Å². The Bertz CT molecular complexity index is 377. The summed E-state index contributed by atoms with van der Waals surface area (Å²) in [4.78, 5) is 14.2. The van der Waals surface area contributed by atoms with Crippen molar-refractivity contribution in [2.75, 3.05) is 13.1 Å². The van der Waals surface area contributed by atoms with Gasteiger partial charge in [-0.15, -0.1) is 0 Å². The number of hydrogen-bond donors (Lipinski definition) is 1. The van der Waals surface area contributed by atoms with Crippen LogP contribution in [0.25, 0.3) is 0 Å². The first kappa shape index (κ1) is 13.1. The van der Waals surface area contributed by atoms with Gasteiger partial charge in [-0.3, -0.25) is 9.69 Å². The molecule has 1 amide bonds. The number of nitrogens with zero attached hydrogens (tertiary/aromatic N) is 1. The highest BCUT2D eigenvalue weighted by molar-refractivity contribution is 5.78. The molecule has 0 aliphatic carbocycles. The third kappa shape index (κ3) is 3.84. The van der Waals surface area contributed by atoms with E-state index in [2.05, 4.69) is 17.1 Å². The van der Waals surface area contributed by atoms with E-state index in [-0.39, 0.29) is 5.91 Å². The zero-order valence-corrected chi connectivity index (χ0v) is 11.1. The van der Waals surface area contributed by atoms with Gasteiger partial charge in [-0.25, -0.2) is 0 Å². The topological polar surface area (TPSA) is 32.3 Å². The molecule has 3 heteroatoms. The van der Waals surface area contributed by atoms with Crippen LogP contribution in [0.3, 0.4) is 0 Å². The molecule has 1 aliphatic heterocycles. The lowest BCUT2D eigenvalue weighted by Gasteiger charge is -2.32. The van der Waals surface area contributed by atoms with E-state index in [1.807, 2.05) is 30.3 Å². The number of benzene rings is 1. The van der Waals surface area contributed by atoms with Gasteiger partial charge >= 0.3 is 0 Å². The van der Waals surface area contributed by atoms with Crippen molar-refractivity contribution in [3.63, 3.8) is 0 Å². The molecule has 1 aromatic rings. The summed E-state index contributed by atoms with van der Waals surface area (Å²) in [6.45, 7) is 4.43. The van der Waals surface area contributed by atoms with Crippen LogP contribution >= 0.6 is 0 Å². The monoisotopic (exact) mass is 246 g/mol. The molecule has 1 fully saturated rings. The first-order valence-electron chi connectivity index (χ1n) is 6.80. The highest BCUT2D eigenvalue weighted by Gasteiger charge is 2.20. The van der Waals surface area contributed by atoms with Gasteiger partial charge in [0.1, 0.15) is 0 Å². The molecule has 98 valence electrons. The lowest BCUT2D eigenvalue weighted by Crippen LogP contribution is -2.44. The minimum absolute atomic E-state index is 0.132. The minimum atomic E-state index is 0.132. The fourth-order valence-electron chi connectivity index (χ4n) is 2.43. The van der Waals surface area contributed by atoms with E-state index < -0.39 is 0 Å². The molecule has 1 heterocycles. The molecular formula is C15H22N2O. The van der Waals surface area contributed by atoms with E-state index in [9.17, 15) is 4.79 Å². The fraction of sp³-hybridized carbons (Fsp3) is 0.533. The van der Waals surface area contributed by atoms with Gasteiger partial charge in [0.2, 0.25) is 5.91 Å². The summed E-state index contributed by atoms with van der Waals surface area (Å²) in [5.41, 5.74) is 1.15. The Morgan fingerprint density at radius 1 is 1.33 bits per heavy atom. The number of hydrogen-bond acceptors (Lipinski definition) is 2. The molecule has 0 radical (unpaired) electrons. The highest BCUT2D eigenvalue weighted by atomic mass is 16.2. The molecule has 3 nitrogen and oxygen atoms in total. The van der Waals surface area contributed by atoms with Crippen LogP contribution < -0.4 is 5.32 Å². The Hall–Kier alpha value is -1.35. The average Bonchev–Trinajstić information content (AvgIpc) is 2.40. The van der Waals surface area contributed by atoms with Gasteiger partial charge in [-0.2, -0.15) is 0 Å². The molecular weight excluding hydrogens is 224 g/mol. The van der Waals surface area contributed by atoms with E-state index in [0.29, 0.717) is 19.1 Å². The molecule has 1 aliphatic rings. The van der Waals surface area contributed by atoms with E-state index in [4.69, 9.17) is 0 Å². The maximum Gasteiger partial charge on any atom is 0.234 e. The largest absolute Gasteiger partial charge is 0.351 e. The number of amides is 1. The van der Waals surface area contributed by atoms with Crippen molar-refractivity contribution in [2.45, 2.75) is 38.8 Å². The highest BCUT2D eigenvalue weighted by Crippen LogP contribution is 2.15. The molecule has 1 atom stereocenters. The standard InChI is InChI=1S/C15H22N2O/c1-13-7-5-6-10-17(13)12-15(18)16-11-14-8-3-2-4-9-14/h2-4,8-9,13H,5-7,10-12H2,1H3,(H,16,18)/t13-/m0/s1. The van der Waals surface area contributed by atoms with Crippen LogP contribution in [-0.4, -0.2) is 29.9 Å². The first-order valence-corrected chi connectivity index (χ1v) is 6.80. The molecule has 0 spiro atoms. The second-order valence-corrected chi connectivity index (χ2v) is 5.08. The van der Waals surface area contributed by atoms with Crippen LogP contribution in [0.5, 0.6) is 0 Å². The summed E-state index contributed by atoms with van der Waals surface area (Å²) in [6, 6.07) is 10.6. The van der Waals surface area contributed by atoms with E-state index in [1.165, 1.54) is 19.3 Å². The Kier molecular flexibility index (Phi) is 4.76. The normalized spacial score (nSPS) is 20.6. The number of piperidine rings is 1. The predicted molar refractivity (Wildman–Crippen MR) is 73.2 cm³/mol. The Morgan fingerprint density at radius 2 is 2.11 bits per heavy atom. The molecule has 1 N–H and O–H groups in total. The SMILES string of the molecule is C[C@H]1CCCCN1CC(=O)NCc1ccccc1. The Balaban J connectivity index is 1.75. The van der Waals surface area contributed by atoms with Gasteiger partial charge in [0.05, 0.1) is 6.54 Å². The van der Waals surface area contributed by atoms with Gasteiger partial charge in [0.15, 0.2) is 0 Å². The van der Waals surface area contributed by atoms with Gasteiger partial charge < -0.3 is 5.32 Å². The van der Waals surface area contributed by atoms with Gasteiger partial charge in [-0.05, 0) is 31.9 Å². The summed E-state index contributed by atoms with van der Waals surface area (Å²) in [5, 5.41) is 2.99. The Labute approximate surface area is 109 Å². The average molecular weight is 246 g/mol. The second-order valence-electron chi connectivity index (χ2n) is 5.08. The third-order valence-electron chi connectivity index (χ3n) is 3.62. The summed E-state index contributed by atoms with van der Waals surface area (Å²) in [6.07, 6.45) is 3.73. The van der Waals surface area contributed by atoms with Crippen molar-refractivity contribution in [3.8, 4) is 0 Å². The van der Waals surface area contributed by atoms with Crippen molar-refractivity contribution < 1.29 is 4.79 Å². The fourth-order valence-corrected chi connectivity index (χ4v) is 2.43. The third-order valence-corrected chi connectivity index (χ3v) is 3.62. The summed E-state index contributed by atoms with van der Waals surface area (Å²) < 4.78 is 0. The summed E-state index contributed by atoms with van der Waals surface area (Å²) in [5.74, 6) is 0.132. The maximum absolute atomic E-state index is 11.9. The zero-order valence-electron chi connectivity index (χ0n) is 11.1. The molecule has 0 unspecified atom stereocenters. The van der Waals surface area contributed by atoms with Crippen LogP contribution in [-0.2, 0) is 11.3 Å². The molecule has 0 aromatic heterocycles. The van der Waals surface area contributed by atoms with Crippen molar-refractivity contribution >= 4 is 5.91 Å². The van der Waals surface area contributed by atoms with Gasteiger partial charge in [0.25, 0.3) is 0 Å². The first-order chi connectivity index (χ1) is 8.75. The van der Waals surface area contributed by atoms with Crippen LogP contribution in [0, 0.1) is 0 Å². The zero-order chi connectivity index (χ0) is 12.8. The predicted octanol–water partition coefficient (Wildman–Crippen LogP) is 2.18. The molecule has 2 rings (SSSR count). The maximum atomic E-state index is 11.9. The molecule has 18 heavy (non-hydrogen) atoms. The van der Waals surface area contributed by atoms with Crippen LogP contribution in [0.4, 0.5) is 0 Å². The van der Waals surface area contributed by atoms with Crippen molar-refractivity contribution in [3.05, 3.63) is 35.9 Å². The van der Waals surface area contributed by atoms with E-state index >= 15 is 0 Å².